The molecule has 7 nitrogen and oxygen atoms in total. The van der Waals surface area contributed by atoms with Gasteiger partial charge >= 0.3 is 0 Å². The second-order valence-electron chi connectivity index (χ2n) is 6.21. The number of hydrogen-bond acceptors (Lipinski definition) is 4. The molecular weight excluding hydrogens is 354 g/mol. The zero-order chi connectivity index (χ0) is 19.3. The van der Waals surface area contributed by atoms with Crippen LogP contribution in [0, 0.1) is 0 Å². The monoisotopic (exact) mass is 371 g/mol. The fourth-order valence-electron chi connectivity index (χ4n) is 2.82. The standard InChI is InChI=1S/C21H17N5O2/c27-20(15-6-7-18-19(10-15)25-13-24-18)23-11-14-3-1-5-17(9-14)26-21(28)16-4-2-8-22-12-16/h1-10,12-13H,11H2,(H,23,27)(H,24,25)(H,26,28). The van der Waals surface area contributed by atoms with Crippen molar-refractivity contribution in [1.29, 1.82) is 0 Å². The predicted molar refractivity (Wildman–Crippen MR) is 106 cm³/mol. The van der Waals surface area contributed by atoms with Gasteiger partial charge in [0, 0.05) is 30.2 Å². The second-order valence-corrected chi connectivity index (χ2v) is 6.21. The molecule has 0 aliphatic rings. The molecule has 4 aromatic rings. The van der Waals surface area contributed by atoms with Gasteiger partial charge in [-0.15, -0.1) is 0 Å². The van der Waals surface area contributed by atoms with Gasteiger partial charge in [-0.2, -0.15) is 0 Å². The van der Waals surface area contributed by atoms with E-state index in [1.54, 1.807) is 48.9 Å². The number of aromatic nitrogens is 3. The van der Waals surface area contributed by atoms with Gasteiger partial charge in [-0.25, -0.2) is 4.98 Å². The quantitative estimate of drug-likeness (QED) is 0.502. The number of pyridine rings is 1. The van der Waals surface area contributed by atoms with Crippen molar-refractivity contribution in [1.82, 2.24) is 20.3 Å². The van der Waals surface area contributed by atoms with Gasteiger partial charge in [-0.3, -0.25) is 14.6 Å². The summed E-state index contributed by atoms with van der Waals surface area (Å²) in [5.41, 5.74) is 4.19. The average Bonchev–Trinajstić information content (AvgIpc) is 3.21. The fraction of sp³-hybridized carbons (Fsp3) is 0.0476. The summed E-state index contributed by atoms with van der Waals surface area (Å²) >= 11 is 0. The zero-order valence-electron chi connectivity index (χ0n) is 14.8. The maximum atomic E-state index is 12.4. The maximum absolute atomic E-state index is 12.4. The molecular formula is C21H17N5O2. The van der Waals surface area contributed by atoms with E-state index in [1.807, 2.05) is 18.2 Å². The third kappa shape index (κ3) is 3.88. The molecule has 0 aliphatic heterocycles. The molecule has 0 bridgehead atoms. The number of nitrogens with one attached hydrogen (secondary N) is 3. The minimum Gasteiger partial charge on any atom is -0.348 e. The largest absolute Gasteiger partial charge is 0.348 e. The van der Waals surface area contributed by atoms with Crippen LogP contribution in [-0.2, 0) is 6.54 Å². The Balaban J connectivity index is 1.40. The topological polar surface area (TPSA) is 99.8 Å². The highest BCUT2D eigenvalue weighted by molar-refractivity contribution is 6.04. The molecule has 2 heterocycles. The number of carbonyl (C=O) groups is 2. The number of benzene rings is 2. The Morgan fingerprint density at radius 1 is 0.964 bits per heavy atom. The number of aromatic amines is 1. The Hall–Kier alpha value is -4.00. The molecule has 3 N–H and O–H groups in total. The highest BCUT2D eigenvalue weighted by Crippen LogP contribution is 2.14. The SMILES string of the molecule is O=C(NCc1cccc(NC(=O)c2cccnc2)c1)c1ccc2nc[nH]c2c1. The van der Waals surface area contributed by atoms with Gasteiger partial charge in [-0.05, 0) is 48.0 Å². The number of rotatable bonds is 5. The normalized spacial score (nSPS) is 10.6. The van der Waals surface area contributed by atoms with Crippen molar-refractivity contribution < 1.29 is 9.59 Å². The van der Waals surface area contributed by atoms with Crippen LogP contribution in [0.3, 0.4) is 0 Å². The number of fused-ring (bicyclic) bond motifs is 1. The summed E-state index contributed by atoms with van der Waals surface area (Å²) in [5.74, 6) is -0.413. The van der Waals surface area contributed by atoms with Crippen LogP contribution in [0.4, 0.5) is 5.69 Å². The van der Waals surface area contributed by atoms with Gasteiger partial charge in [0.1, 0.15) is 0 Å². The molecule has 0 spiro atoms. The molecule has 0 atom stereocenters. The Bertz CT molecular complexity index is 1140. The number of anilines is 1. The van der Waals surface area contributed by atoms with E-state index in [1.165, 1.54) is 6.20 Å². The number of hydrogen-bond donors (Lipinski definition) is 3. The minimum absolute atomic E-state index is 0.179. The lowest BCUT2D eigenvalue weighted by molar-refractivity contribution is 0.0950. The number of nitrogens with zero attached hydrogens (tertiary/aromatic N) is 2. The first-order chi connectivity index (χ1) is 13.7. The van der Waals surface area contributed by atoms with Crippen LogP contribution in [0.2, 0.25) is 0 Å². The summed E-state index contributed by atoms with van der Waals surface area (Å²) in [5, 5.41) is 5.72. The van der Waals surface area contributed by atoms with E-state index in [9.17, 15) is 9.59 Å². The van der Waals surface area contributed by atoms with Crippen molar-refractivity contribution in [3.63, 3.8) is 0 Å². The summed E-state index contributed by atoms with van der Waals surface area (Å²) in [7, 11) is 0. The Labute approximate surface area is 160 Å². The van der Waals surface area contributed by atoms with E-state index in [-0.39, 0.29) is 11.8 Å². The molecule has 2 aromatic heterocycles. The van der Waals surface area contributed by atoms with Crippen LogP contribution >= 0.6 is 0 Å². The van der Waals surface area contributed by atoms with Gasteiger partial charge in [0.05, 0.1) is 22.9 Å². The van der Waals surface area contributed by atoms with Crippen molar-refractivity contribution >= 4 is 28.5 Å². The predicted octanol–water partition coefficient (Wildman–Crippen LogP) is 3.14. The summed E-state index contributed by atoms with van der Waals surface area (Å²) in [6.07, 6.45) is 4.72. The van der Waals surface area contributed by atoms with Crippen molar-refractivity contribution in [2.45, 2.75) is 6.54 Å². The van der Waals surface area contributed by atoms with Crippen molar-refractivity contribution in [2.75, 3.05) is 5.32 Å². The van der Waals surface area contributed by atoms with Gasteiger partial charge in [0.2, 0.25) is 0 Å². The van der Waals surface area contributed by atoms with E-state index in [0.717, 1.165) is 16.6 Å². The molecule has 2 amide bonds. The van der Waals surface area contributed by atoms with Gasteiger partial charge < -0.3 is 15.6 Å². The van der Waals surface area contributed by atoms with E-state index in [4.69, 9.17) is 0 Å². The number of imidazole rings is 1. The Kier molecular flexibility index (Phi) is 4.79. The molecule has 4 rings (SSSR count). The van der Waals surface area contributed by atoms with E-state index >= 15 is 0 Å². The van der Waals surface area contributed by atoms with Gasteiger partial charge in [-0.1, -0.05) is 12.1 Å². The third-order valence-corrected chi connectivity index (χ3v) is 4.24. The Morgan fingerprint density at radius 2 is 1.89 bits per heavy atom. The first-order valence-electron chi connectivity index (χ1n) is 8.71. The third-order valence-electron chi connectivity index (χ3n) is 4.24. The lowest BCUT2D eigenvalue weighted by atomic mass is 10.1. The van der Waals surface area contributed by atoms with Crippen LogP contribution in [0.25, 0.3) is 11.0 Å². The van der Waals surface area contributed by atoms with E-state index in [0.29, 0.717) is 23.4 Å². The van der Waals surface area contributed by atoms with Crippen molar-refractivity contribution in [3.8, 4) is 0 Å². The molecule has 0 fully saturated rings. The smallest absolute Gasteiger partial charge is 0.257 e. The highest BCUT2D eigenvalue weighted by Gasteiger charge is 2.09. The second kappa shape index (κ2) is 7.71. The molecule has 0 unspecified atom stereocenters. The molecule has 0 saturated heterocycles. The summed E-state index contributed by atoms with van der Waals surface area (Å²) in [6, 6.07) is 16.1. The highest BCUT2D eigenvalue weighted by atomic mass is 16.2. The molecule has 0 radical (unpaired) electrons. The first kappa shape index (κ1) is 17.4. The lowest BCUT2D eigenvalue weighted by Crippen LogP contribution is -2.22. The molecule has 0 aliphatic carbocycles. The number of amides is 2. The molecule has 7 heteroatoms. The fourth-order valence-corrected chi connectivity index (χ4v) is 2.82. The Morgan fingerprint density at radius 3 is 2.75 bits per heavy atom. The lowest BCUT2D eigenvalue weighted by Gasteiger charge is -2.09. The molecule has 2 aromatic carbocycles. The molecule has 28 heavy (non-hydrogen) atoms. The van der Waals surface area contributed by atoms with Crippen LogP contribution in [-0.4, -0.2) is 26.8 Å². The van der Waals surface area contributed by atoms with Crippen LogP contribution in [0.1, 0.15) is 26.3 Å². The number of H-pyrrole nitrogens is 1. The number of carbonyl (C=O) groups excluding carboxylic acids is 2. The summed E-state index contributed by atoms with van der Waals surface area (Å²) < 4.78 is 0. The van der Waals surface area contributed by atoms with E-state index < -0.39 is 0 Å². The van der Waals surface area contributed by atoms with Gasteiger partial charge in [0.15, 0.2) is 0 Å². The van der Waals surface area contributed by atoms with Gasteiger partial charge in [0.25, 0.3) is 11.8 Å². The first-order valence-corrected chi connectivity index (χ1v) is 8.71. The minimum atomic E-state index is -0.234. The summed E-state index contributed by atoms with van der Waals surface area (Å²) in [6.45, 7) is 0.344. The van der Waals surface area contributed by atoms with Crippen LogP contribution < -0.4 is 10.6 Å². The molecule has 0 saturated carbocycles. The van der Waals surface area contributed by atoms with E-state index in [2.05, 4.69) is 25.6 Å². The maximum Gasteiger partial charge on any atom is 0.257 e. The summed E-state index contributed by atoms with van der Waals surface area (Å²) in [4.78, 5) is 35.7. The van der Waals surface area contributed by atoms with Crippen molar-refractivity contribution in [2.24, 2.45) is 0 Å². The zero-order valence-corrected chi connectivity index (χ0v) is 14.8. The molecule has 138 valence electrons. The average molecular weight is 371 g/mol. The van der Waals surface area contributed by atoms with Crippen molar-refractivity contribution in [3.05, 3.63) is 90.0 Å². The van der Waals surface area contributed by atoms with Crippen LogP contribution in [0.5, 0.6) is 0 Å². The van der Waals surface area contributed by atoms with Crippen LogP contribution in [0.15, 0.2) is 73.3 Å².